The van der Waals surface area contributed by atoms with Gasteiger partial charge in [0.25, 0.3) is 5.69 Å². The van der Waals surface area contributed by atoms with Crippen LogP contribution in [0.5, 0.6) is 0 Å². The summed E-state index contributed by atoms with van der Waals surface area (Å²) in [4.78, 5) is 23.5. The molecule has 0 amide bonds. The monoisotopic (exact) mass is 307 g/mol. The molecule has 0 aliphatic heterocycles. The van der Waals surface area contributed by atoms with Gasteiger partial charge in [0.1, 0.15) is 5.58 Å². The first-order valence-corrected chi connectivity index (χ1v) is 7.06. The SMILES string of the molecule is C/C=C/c1c(-c2ccccc2[N+](=O)[O-])oc2ccccc2c1=O. The van der Waals surface area contributed by atoms with Crippen LogP contribution in [0.2, 0.25) is 0 Å². The van der Waals surface area contributed by atoms with Gasteiger partial charge < -0.3 is 4.42 Å². The molecule has 0 aliphatic carbocycles. The first kappa shape index (κ1) is 14.7. The summed E-state index contributed by atoms with van der Waals surface area (Å²) in [5.74, 6) is 0.208. The number of para-hydroxylation sites is 2. The Labute approximate surface area is 131 Å². The molecule has 1 aromatic heterocycles. The van der Waals surface area contributed by atoms with Crippen molar-refractivity contribution >= 4 is 22.7 Å². The van der Waals surface area contributed by atoms with Gasteiger partial charge in [-0.15, -0.1) is 0 Å². The van der Waals surface area contributed by atoms with E-state index in [1.165, 1.54) is 6.07 Å². The van der Waals surface area contributed by atoms with Gasteiger partial charge in [0.05, 0.1) is 21.4 Å². The zero-order valence-electron chi connectivity index (χ0n) is 12.4. The Morgan fingerprint density at radius 1 is 1.09 bits per heavy atom. The zero-order valence-corrected chi connectivity index (χ0v) is 12.4. The number of nitrogens with zero attached hydrogens (tertiary/aromatic N) is 1. The number of fused-ring (bicyclic) bond motifs is 1. The van der Waals surface area contributed by atoms with Crippen LogP contribution in [-0.4, -0.2) is 4.92 Å². The van der Waals surface area contributed by atoms with E-state index in [0.717, 1.165) is 0 Å². The summed E-state index contributed by atoms with van der Waals surface area (Å²) in [5, 5.41) is 11.7. The highest BCUT2D eigenvalue weighted by Crippen LogP contribution is 2.33. The standard InChI is InChI=1S/C18H13NO4/c1-2-7-14-17(20)13-9-4-6-11-16(13)23-18(14)12-8-3-5-10-15(12)19(21)22/h2-11H,1H3/b7-2+. The van der Waals surface area contributed by atoms with Gasteiger partial charge in [0.15, 0.2) is 5.76 Å². The molecular weight excluding hydrogens is 294 g/mol. The summed E-state index contributed by atoms with van der Waals surface area (Å²) in [6.45, 7) is 1.78. The molecule has 3 aromatic rings. The molecule has 1 heterocycles. The van der Waals surface area contributed by atoms with Gasteiger partial charge in [-0.1, -0.05) is 36.4 Å². The molecule has 0 fully saturated rings. The topological polar surface area (TPSA) is 73.3 Å². The second kappa shape index (κ2) is 5.88. The van der Waals surface area contributed by atoms with E-state index in [4.69, 9.17) is 4.42 Å². The molecule has 114 valence electrons. The quantitative estimate of drug-likeness (QED) is 0.531. The van der Waals surface area contributed by atoms with Gasteiger partial charge in [0.2, 0.25) is 5.43 Å². The van der Waals surface area contributed by atoms with Crippen LogP contribution in [0.25, 0.3) is 28.4 Å². The van der Waals surface area contributed by atoms with E-state index in [1.807, 2.05) is 0 Å². The number of rotatable bonds is 3. The number of nitro benzene ring substituents is 1. The van der Waals surface area contributed by atoms with Crippen molar-refractivity contribution in [1.29, 1.82) is 0 Å². The smallest absolute Gasteiger partial charge is 0.280 e. The lowest BCUT2D eigenvalue weighted by atomic mass is 10.0. The number of hydrogen-bond acceptors (Lipinski definition) is 4. The Morgan fingerprint density at radius 3 is 2.52 bits per heavy atom. The van der Waals surface area contributed by atoms with Crippen LogP contribution >= 0.6 is 0 Å². The molecule has 0 saturated carbocycles. The van der Waals surface area contributed by atoms with E-state index in [1.54, 1.807) is 61.5 Å². The van der Waals surface area contributed by atoms with E-state index in [-0.39, 0.29) is 22.4 Å². The molecular formula is C18H13NO4. The molecule has 2 aromatic carbocycles. The Balaban J connectivity index is 2.44. The second-order valence-electron chi connectivity index (χ2n) is 4.94. The average Bonchev–Trinajstić information content (AvgIpc) is 2.57. The maximum absolute atomic E-state index is 12.7. The van der Waals surface area contributed by atoms with E-state index in [9.17, 15) is 14.9 Å². The molecule has 0 saturated heterocycles. The Morgan fingerprint density at radius 2 is 1.78 bits per heavy atom. The van der Waals surface area contributed by atoms with Gasteiger partial charge in [-0.3, -0.25) is 14.9 Å². The molecule has 23 heavy (non-hydrogen) atoms. The maximum atomic E-state index is 12.7. The minimum atomic E-state index is -0.482. The van der Waals surface area contributed by atoms with E-state index in [2.05, 4.69) is 0 Å². The lowest BCUT2D eigenvalue weighted by Crippen LogP contribution is -2.08. The third kappa shape index (κ3) is 2.53. The minimum Gasteiger partial charge on any atom is -0.455 e. The molecule has 0 spiro atoms. The van der Waals surface area contributed by atoms with E-state index < -0.39 is 4.92 Å². The van der Waals surface area contributed by atoms with Gasteiger partial charge >= 0.3 is 0 Å². The van der Waals surface area contributed by atoms with Crippen molar-refractivity contribution < 1.29 is 9.34 Å². The summed E-state index contributed by atoms with van der Waals surface area (Å²) >= 11 is 0. The summed E-state index contributed by atoms with van der Waals surface area (Å²) in [6, 6.07) is 13.1. The number of nitro groups is 1. The molecule has 0 N–H and O–H groups in total. The van der Waals surface area contributed by atoms with Crippen molar-refractivity contribution in [2.75, 3.05) is 0 Å². The van der Waals surface area contributed by atoms with Crippen LogP contribution in [0.15, 0.2) is 63.8 Å². The predicted octanol–water partition coefficient (Wildman–Crippen LogP) is 4.40. The highest BCUT2D eigenvalue weighted by molar-refractivity contribution is 5.85. The minimum absolute atomic E-state index is 0.100. The van der Waals surface area contributed by atoms with Gasteiger partial charge in [-0.2, -0.15) is 0 Å². The molecule has 0 aliphatic rings. The Bertz CT molecular complexity index is 986. The average molecular weight is 307 g/mol. The van der Waals surface area contributed by atoms with Crippen LogP contribution in [0.4, 0.5) is 5.69 Å². The Hall–Kier alpha value is -3.21. The highest BCUT2D eigenvalue weighted by atomic mass is 16.6. The first-order valence-electron chi connectivity index (χ1n) is 7.06. The predicted molar refractivity (Wildman–Crippen MR) is 89.3 cm³/mol. The first-order chi connectivity index (χ1) is 11.1. The lowest BCUT2D eigenvalue weighted by Gasteiger charge is -2.08. The highest BCUT2D eigenvalue weighted by Gasteiger charge is 2.21. The van der Waals surface area contributed by atoms with Crippen molar-refractivity contribution in [2.24, 2.45) is 0 Å². The third-order valence-electron chi connectivity index (χ3n) is 3.51. The molecule has 0 atom stereocenters. The van der Waals surface area contributed by atoms with Crippen molar-refractivity contribution in [3.05, 3.63) is 80.5 Å². The maximum Gasteiger partial charge on any atom is 0.280 e. The van der Waals surface area contributed by atoms with E-state index in [0.29, 0.717) is 16.5 Å². The summed E-state index contributed by atoms with van der Waals surface area (Å²) in [6.07, 6.45) is 3.32. The summed E-state index contributed by atoms with van der Waals surface area (Å²) < 4.78 is 5.85. The van der Waals surface area contributed by atoms with Crippen molar-refractivity contribution in [2.45, 2.75) is 6.92 Å². The van der Waals surface area contributed by atoms with Crippen molar-refractivity contribution in [3.8, 4) is 11.3 Å². The molecule has 5 heteroatoms. The van der Waals surface area contributed by atoms with Crippen molar-refractivity contribution in [3.63, 3.8) is 0 Å². The largest absolute Gasteiger partial charge is 0.455 e. The van der Waals surface area contributed by atoms with Crippen LogP contribution in [0, 0.1) is 10.1 Å². The van der Waals surface area contributed by atoms with Crippen LogP contribution < -0.4 is 5.43 Å². The second-order valence-corrected chi connectivity index (χ2v) is 4.94. The lowest BCUT2D eigenvalue weighted by molar-refractivity contribution is -0.384. The fraction of sp³-hybridized carbons (Fsp3) is 0.0556. The molecule has 0 unspecified atom stereocenters. The number of benzene rings is 2. The zero-order chi connectivity index (χ0) is 16.4. The summed E-state index contributed by atoms with van der Waals surface area (Å²) in [7, 11) is 0. The van der Waals surface area contributed by atoms with E-state index >= 15 is 0 Å². The Kier molecular flexibility index (Phi) is 3.76. The number of allylic oxidation sites excluding steroid dienone is 1. The number of hydrogen-bond donors (Lipinski definition) is 0. The van der Waals surface area contributed by atoms with Crippen LogP contribution in [0.1, 0.15) is 12.5 Å². The third-order valence-corrected chi connectivity index (χ3v) is 3.51. The van der Waals surface area contributed by atoms with Gasteiger partial charge in [0, 0.05) is 6.07 Å². The van der Waals surface area contributed by atoms with Crippen molar-refractivity contribution in [1.82, 2.24) is 0 Å². The van der Waals surface area contributed by atoms with Gasteiger partial charge in [-0.25, -0.2) is 0 Å². The molecule has 0 bridgehead atoms. The van der Waals surface area contributed by atoms with Gasteiger partial charge in [-0.05, 0) is 25.1 Å². The fourth-order valence-corrected chi connectivity index (χ4v) is 2.50. The fourth-order valence-electron chi connectivity index (χ4n) is 2.50. The van der Waals surface area contributed by atoms with Crippen LogP contribution in [0.3, 0.4) is 0 Å². The molecule has 3 rings (SSSR count). The normalized spacial score (nSPS) is 11.2. The summed E-state index contributed by atoms with van der Waals surface area (Å²) in [5.41, 5.74) is 0.683. The van der Waals surface area contributed by atoms with Crippen LogP contribution in [-0.2, 0) is 0 Å². The molecule has 5 nitrogen and oxygen atoms in total. The molecule has 0 radical (unpaired) electrons.